The minimum Gasteiger partial charge on any atom is -0.306 e. The van der Waals surface area contributed by atoms with Gasteiger partial charge in [0.2, 0.25) is 0 Å². The molecule has 1 aliphatic rings. The Morgan fingerprint density at radius 1 is 1.35 bits per heavy atom. The van der Waals surface area contributed by atoms with E-state index >= 15 is 0 Å². The van der Waals surface area contributed by atoms with E-state index in [9.17, 15) is 4.79 Å². The number of amides is 1. The van der Waals surface area contributed by atoms with Crippen molar-refractivity contribution in [2.45, 2.75) is 19.3 Å². The van der Waals surface area contributed by atoms with Gasteiger partial charge in [0.25, 0.3) is 5.91 Å². The Balaban J connectivity index is 1.69. The number of carbonyl (C=O) groups is 1. The number of benzene rings is 1. The van der Waals surface area contributed by atoms with Crippen molar-refractivity contribution in [2.75, 3.05) is 5.32 Å². The van der Waals surface area contributed by atoms with Gasteiger partial charge in [0.05, 0.1) is 17.6 Å². The Kier molecular flexibility index (Phi) is 3.42. The average Bonchev–Trinajstić information content (AvgIpc) is 2.99. The van der Waals surface area contributed by atoms with Gasteiger partial charge in [-0.15, -0.1) is 5.10 Å². The predicted octanol–water partition coefficient (Wildman–Crippen LogP) is 3.10. The molecule has 23 heavy (non-hydrogen) atoms. The third-order valence-electron chi connectivity index (χ3n) is 4.05. The van der Waals surface area contributed by atoms with Crippen molar-refractivity contribution in [3.05, 3.63) is 53.2 Å². The summed E-state index contributed by atoms with van der Waals surface area (Å²) in [5, 5.41) is 11.3. The molecule has 0 spiro atoms. The zero-order valence-electron chi connectivity index (χ0n) is 12.5. The van der Waals surface area contributed by atoms with E-state index < -0.39 is 0 Å². The normalized spacial score (nSPS) is 19.5. The molecule has 2 heterocycles. The number of nitrogens with zero attached hydrogens (tertiary/aromatic N) is 4. The van der Waals surface area contributed by atoms with E-state index in [-0.39, 0.29) is 5.91 Å². The maximum atomic E-state index is 12.3. The van der Waals surface area contributed by atoms with E-state index in [0.717, 1.165) is 29.3 Å². The molecule has 1 amide bonds. The van der Waals surface area contributed by atoms with Crippen LogP contribution in [0.3, 0.4) is 0 Å². The first-order valence-corrected chi connectivity index (χ1v) is 8.24. The lowest BCUT2D eigenvalue weighted by atomic mass is 10.2. The molecule has 2 aromatic heterocycles. The van der Waals surface area contributed by atoms with Crippen molar-refractivity contribution < 1.29 is 4.79 Å². The molecule has 1 fully saturated rings. The Bertz CT molecular complexity index is 828. The van der Waals surface area contributed by atoms with Crippen LogP contribution in [0.5, 0.6) is 0 Å². The lowest BCUT2D eigenvalue weighted by Crippen LogP contribution is -2.13. The van der Waals surface area contributed by atoms with Gasteiger partial charge in [0.15, 0.2) is 0 Å². The summed E-state index contributed by atoms with van der Waals surface area (Å²) in [5.41, 5.74) is 1.95. The van der Waals surface area contributed by atoms with Gasteiger partial charge >= 0.3 is 0 Å². The third kappa shape index (κ3) is 2.75. The van der Waals surface area contributed by atoms with E-state index in [1.165, 1.54) is 6.20 Å². The highest BCUT2D eigenvalue weighted by Gasteiger charge is 2.36. The molecule has 0 aliphatic heterocycles. The Hall–Kier alpha value is -2.54. The van der Waals surface area contributed by atoms with Gasteiger partial charge in [-0.2, -0.15) is 5.10 Å². The predicted molar refractivity (Wildman–Crippen MR) is 87.9 cm³/mol. The first-order valence-electron chi connectivity index (χ1n) is 7.46. The lowest BCUT2D eigenvalue weighted by molar-refractivity contribution is 0.102. The highest BCUT2D eigenvalue weighted by Crippen LogP contribution is 2.47. The third-order valence-corrected chi connectivity index (χ3v) is 4.71. The fourth-order valence-electron chi connectivity index (χ4n) is 2.62. The molecular formula is C16H15N5OS. The summed E-state index contributed by atoms with van der Waals surface area (Å²) in [6.45, 7) is 2.22. The van der Waals surface area contributed by atoms with Crippen LogP contribution in [0, 0.1) is 5.92 Å². The van der Waals surface area contributed by atoms with Gasteiger partial charge < -0.3 is 5.32 Å². The standard InChI is InChI=1S/C16H15N5OS/c1-10-7-12(10)13-8-15(18-16(22)14-9-17-20-23-14)21(19-13)11-5-3-2-4-6-11/h2-6,8-10,12H,7H2,1H3,(H,18,22)/t10-,12+/m0/s1. The first-order chi connectivity index (χ1) is 11.2. The van der Waals surface area contributed by atoms with E-state index in [1.54, 1.807) is 4.68 Å². The van der Waals surface area contributed by atoms with Crippen LogP contribution in [-0.4, -0.2) is 25.3 Å². The van der Waals surface area contributed by atoms with Crippen LogP contribution in [0.1, 0.15) is 34.6 Å². The largest absolute Gasteiger partial charge is 0.306 e. The first kappa shape index (κ1) is 14.1. The second-order valence-electron chi connectivity index (χ2n) is 5.76. The van der Waals surface area contributed by atoms with E-state index in [2.05, 4.69) is 21.8 Å². The molecule has 4 rings (SSSR count). The molecule has 2 atom stereocenters. The molecule has 1 N–H and O–H groups in total. The zero-order chi connectivity index (χ0) is 15.8. The fraction of sp³-hybridized carbons (Fsp3) is 0.250. The van der Waals surface area contributed by atoms with Crippen molar-refractivity contribution in [1.29, 1.82) is 0 Å². The second-order valence-corrected chi connectivity index (χ2v) is 6.54. The molecule has 1 aromatic carbocycles. The molecule has 0 radical (unpaired) electrons. The van der Waals surface area contributed by atoms with Crippen molar-refractivity contribution in [3.8, 4) is 5.69 Å². The molecule has 6 nitrogen and oxygen atoms in total. The summed E-state index contributed by atoms with van der Waals surface area (Å²) in [6, 6.07) is 11.8. The number of nitrogens with one attached hydrogen (secondary N) is 1. The molecule has 116 valence electrons. The van der Waals surface area contributed by atoms with Crippen LogP contribution >= 0.6 is 11.5 Å². The number of hydrogen-bond acceptors (Lipinski definition) is 5. The van der Waals surface area contributed by atoms with Crippen molar-refractivity contribution in [1.82, 2.24) is 19.4 Å². The molecule has 1 aliphatic carbocycles. The maximum absolute atomic E-state index is 12.3. The van der Waals surface area contributed by atoms with Crippen LogP contribution in [0.15, 0.2) is 42.6 Å². The SMILES string of the molecule is C[C@H]1C[C@H]1c1cc(NC(=O)c2cnns2)n(-c2ccccc2)n1. The summed E-state index contributed by atoms with van der Waals surface area (Å²) >= 11 is 1.07. The van der Waals surface area contributed by atoms with Crippen molar-refractivity contribution >= 4 is 23.3 Å². The van der Waals surface area contributed by atoms with Gasteiger partial charge in [-0.05, 0) is 36.0 Å². The average molecular weight is 325 g/mol. The highest BCUT2D eigenvalue weighted by atomic mass is 32.1. The Morgan fingerprint density at radius 2 is 2.13 bits per heavy atom. The number of para-hydroxylation sites is 1. The maximum Gasteiger partial charge on any atom is 0.270 e. The number of carbonyl (C=O) groups excluding carboxylic acids is 1. The number of anilines is 1. The van der Waals surface area contributed by atoms with Crippen LogP contribution in [0.2, 0.25) is 0 Å². The number of hydrogen-bond donors (Lipinski definition) is 1. The number of aromatic nitrogens is 4. The van der Waals surface area contributed by atoms with Crippen LogP contribution in [0.4, 0.5) is 5.82 Å². The molecule has 0 saturated heterocycles. The topological polar surface area (TPSA) is 72.7 Å². The van der Waals surface area contributed by atoms with Gasteiger partial charge in [-0.1, -0.05) is 29.6 Å². The van der Waals surface area contributed by atoms with Crippen LogP contribution in [0.25, 0.3) is 5.69 Å². The summed E-state index contributed by atoms with van der Waals surface area (Å²) in [7, 11) is 0. The quantitative estimate of drug-likeness (QED) is 0.800. The summed E-state index contributed by atoms with van der Waals surface area (Å²) in [6.07, 6.45) is 2.62. The minimum atomic E-state index is -0.215. The monoisotopic (exact) mass is 325 g/mol. The fourth-order valence-corrected chi connectivity index (χ4v) is 3.03. The Morgan fingerprint density at radius 3 is 2.78 bits per heavy atom. The highest BCUT2D eigenvalue weighted by molar-refractivity contribution is 7.07. The van der Waals surface area contributed by atoms with Crippen molar-refractivity contribution in [2.24, 2.45) is 5.92 Å². The summed E-state index contributed by atoms with van der Waals surface area (Å²) in [5.74, 6) is 1.60. The van der Waals surface area contributed by atoms with Crippen LogP contribution < -0.4 is 5.32 Å². The van der Waals surface area contributed by atoms with Gasteiger partial charge in [-0.25, -0.2) is 4.68 Å². The van der Waals surface area contributed by atoms with Gasteiger partial charge in [0, 0.05) is 12.0 Å². The molecule has 1 saturated carbocycles. The lowest BCUT2D eigenvalue weighted by Gasteiger charge is -2.07. The smallest absolute Gasteiger partial charge is 0.270 e. The summed E-state index contributed by atoms with van der Waals surface area (Å²) in [4.78, 5) is 12.8. The van der Waals surface area contributed by atoms with Gasteiger partial charge in [0.1, 0.15) is 10.7 Å². The van der Waals surface area contributed by atoms with Crippen LogP contribution in [-0.2, 0) is 0 Å². The Labute approximate surface area is 137 Å². The molecule has 0 unspecified atom stereocenters. The van der Waals surface area contributed by atoms with E-state index in [4.69, 9.17) is 5.10 Å². The second kappa shape index (κ2) is 5.58. The van der Waals surface area contributed by atoms with E-state index in [0.29, 0.717) is 22.5 Å². The number of rotatable bonds is 4. The molecule has 3 aromatic rings. The van der Waals surface area contributed by atoms with Gasteiger partial charge in [-0.3, -0.25) is 4.79 Å². The summed E-state index contributed by atoms with van der Waals surface area (Å²) < 4.78 is 5.51. The minimum absolute atomic E-state index is 0.215. The van der Waals surface area contributed by atoms with Crippen molar-refractivity contribution in [3.63, 3.8) is 0 Å². The molecule has 7 heteroatoms. The molecule has 0 bridgehead atoms. The van der Waals surface area contributed by atoms with E-state index in [1.807, 2.05) is 36.4 Å². The zero-order valence-corrected chi connectivity index (χ0v) is 13.3. The molecular weight excluding hydrogens is 310 g/mol.